The summed E-state index contributed by atoms with van der Waals surface area (Å²) in [6.07, 6.45) is 0. The molecule has 4 nitrogen and oxygen atoms in total. The molecule has 1 aromatic rings. The Morgan fingerprint density at radius 3 is 2.44 bits per heavy atom. The number of methoxy groups -OCH3 is 2. The van der Waals surface area contributed by atoms with Crippen LogP contribution in [0.25, 0.3) is 0 Å². The van der Waals surface area contributed by atoms with Gasteiger partial charge in [0.1, 0.15) is 11.5 Å². The molecule has 0 spiro atoms. The van der Waals surface area contributed by atoms with Gasteiger partial charge in [0.15, 0.2) is 0 Å². The monoisotopic (exact) mass is 252 g/mol. The van der Waals surface area contributed by atoms with Crippen molar-refractivity contribution in [3.8, 4) is 11.5 Å². The summed E-state index contributed by atoms with van der Waals surface area (Å²) in [6.45, 7) is 3.97. The summed E-state index contributed by atoms with van der Waals surface area (Å²) < 4.78 is 10.7. The van der Waals surface area contributed by atoms with E-state index in [1.807, 2.05) is 12.1 Å². The molecule has 0 saturated heterocycles. The van der Waals surface area contributed by atoms with Gasteiger partial charge in [0, 0.05) is 18.2 Å². The van der Waals surface area contributed by atoms with Crippen LogP contribution < -0.4 is 14.8 Å². The summed E-state index contributed by atoms with van der Waals surface area (Å²) >= 11 is 0. The minimum atomic E-state index is 0.283. The van der Waals surface area contributed by atoms with Crippen molar-refractivity contribution >= 4 is 0 Å². The highest BCUT2D eigenvalue weighted by Crippen LogP contribution is 2.31. The second kappa shape index (κ2) is 7.24. The fraction of sp³-hybridized carbons (Fsp3) is 0.571. The molecule has 0 aliphatic carbocycles. The van der Waals surface area contributed by atoms with Gasteiger partial charge in [0.2, 0.25) is 0 Å². The zero-order valence-electron chi connectivity index (χ0n) is 12.0. The summed E-state index contributed by atoms with van der Waals surface area (Å²) in [5, 5.41) is 3.38. The van der Waals surface area contributed by atoms with Gasteiger partial charge in [-0.05, 0) is 26.7 Å². The predicted molar refractivity (Wildman–Crippen MR) is 74.5 cm³/mol. The van der Waals surface area contributed by atoms with Gasteiger partial charge in [-0.3, -0.25) is 0 Å². The molecule has 0 heterocycles. The summed E-state index contributed by atoms with van der Waals surface area (Å²) in [7, 11) is 7.51. The molecule has 1 N–H and O–H groups in total. The zero-order valence-corrected chi connectivity index (χ0v) is 12.0. The molecule has 0 aromatic heterocycles. The number of ether oxygens (including phenoxy) is 2. The molecule has 102 valence electrons. The minimum Gasteiger partial charge on any atom is -0.497 e. The van der Waals surface area contributed by atoms with Gasteiger partial charge in [-0.25, -0.2) is 0 Å². The van der Waals surface area contributed by atoms with Gasteiger partial charge in [0.25, 0.3) is 0 Å². The topological polar surface area (TPSA) is 33.7 Å². The molecule has 18 heavy (non-hydrogen) atoms. The van der Waals surface area contributed by atoms with E-state index in [1.165, 1.54) is 5.56 Å². The van der Waals surface area contributed by atoms with Crippen LogP contribution in [0.2, 0.25) is 0 Å². The maximum Gasteiger partial charge on any atom is 0.127 e. The predicted octanol–water partition coefficient (Wildman–Crippen LogP) is 1.92. The molecule has 0 bridgehead atoms. The Balaban J connectivity index is 3.02. The van der Waals surface area contributed by atoms with E-state index in [9.17, 15) is 0 Å². The lowest BCUT2D eigenvalue weighted by molar-refractivity contribution is 0.280. The number of hydrogen-bond acceptors (Lipinski definition) is 4. The Hall–Kier alpha value is -1.26. The summed E-state index contributed by atoms with van der Waals surface area (Å²) in [5.74, 6) is 1.68. The molecule has 1 rings (SSSR count). The van der Waals surface area contributed by atoms with E-state index in [4.69, 9.17) is 9.47 Å². The van der Waals surface area contributed by atoms with Crippen LogP contribution in [0.3, 0.4) is 0 Å². The second-order valence-electron chi connectivity index (χ2n) is 4.39. The normalized spacial score (nSPS) is 12.6. The second-order valence-corrected chi connectivity index (χ2v) is 4.39. The molecule has 1 unspecified atom stereocenters. The molecule has 0 aliphatic heterocycles. The van der Waals surface area contributed by atoms with E-state index in [-0.39, 0.29) is 6.04 Å². The number of benzene rings is 1. The van der Waals surface area contributed by atoms with Crippen molar-refractivity contribution in [1.29, 1.82) is 0 Å². The summed E-state index contributed by atoms with van der Waals surface area (Å²) in [6, 6.07) is 6.25. The van der Waals surface area contributed by atoms with Crippen molar-refractivity contribution in [3.63, 3.8) is 0 Å². The van der Waals surface area contributed by atoms with Crippen molar-refractivity contribution in [2.45, 2.75) is 13.0 Å². The van der Waals surface area contributed by atoms with Crippen LogP contribution in [-0.4, -0.2) is 46.3 Å². The summed E-state index contributed by atoms with van der Waals surface area (Å²) in [4.78, 5) is 2.19. The molecule has 0 fully saturated rings. The highest BCUT2D eigenvalue weighted by atomic mass is 16.5. The van der Waals surface area contributed by atoms with Crippen molar-refractivity contribution in [1.82, 2.24) is 10.2 Å². The lowest BCUT2D eigenvalue weighted by atomic mass is 10.0. The molecule has 4 heteroatoms. The van der Waals surface area contributed by atoms with Crippen molar-refractivity contribution < 1.29 is 9.47 Å². The lowest BCUT2D eigenvalue weighted by Crippen LogP contribution is -2.31. The van der Waals surface area contributed by atoms with Crippen LogP contribution in [0.15, 0.2) is 18.2 Å². The number of rotatable bonds is 7. The van der Waals surface area contributed by atoms with E-state index >= 15 is 0 Å². The van der Waals surface area contributed by atoms with Crippen LogP contribution in [0.1, 0.15) is 18.5 Å². The number of nitrogens with zero attached hydrogens (tertiary/aromatic N) is 1. The largest absolute Gasteiger partial charge is 0.497 e. The lowest BCUT2D eigenvalue weighted by Gasteiger charge is -2.26. The summed E-state index contributed by atoms with van der Waals surface area (Å²) in [5.41, 5.74) is 1.17. The Kier molecular flexibility index (Phi) is 5.95. The zero-order chi connectivity index (χ0) is 13.5. The van der Waals surface area contributed by atoms with Crippen LogP contribution in [0.4, 0.5) is 0 Å². The average molecular weight is 252 g/mol. The van der Waals surface area contributed by atoms with Crippen LogP contribution in [0, 0.1) is 0 Å². The highest BCUT2D eigenvalue weighted by molar-refractivity contribution is 5.42. The minimum absolute atomic E-state index is 0.283. The maximum absolute atomic E-state index is 5.46. The van der Waals surface area contributed by atoms with E-state index in [1.54, 1.807) is 14.2 Å². The Morgan fingerprint density at radius 2 is 1.94 bits per heavy atom. The molecule has 0 saturated carbocycles. The molecule has 1 atom stereocenters. The fourth-order valence-corrected chi connectivity index (χ4v) is 1.95. The first-order valence-electron chi connectivity index (χ1n) is 6.23. The van der Waals surface area contributed by atoms with Crippen molar-refractivity contribution in [2.24, 2.45) is 0 Å². The van der Waals surface area contributed by atoms with Gasteiger partial charge >= 0.3 is 0 Å². The van der Waals surface area contributed by atoms with Crippen molar-refractivity contribution in [2.75, 3.05) is 41.4 Å². The number of nitrogens with one attached hydrogen (secondary N) is 1. The van der Waals surface area contributed by atoms with Gasteiger partial charge < -0.3 is 19.7 Å². The Bertz CT molecular complexity index is 367. The van der Waals surface area contributed by atoms with E-state index < -0.39 is 0 Å². The first-order valence-corrected chi connectivity index (χ1v) is 6.23. The maximum atomic E-state index is 5.46. The fourth-order valence-electron chi connectivity index (χ4n) is 1.95. The van der Waals surface area contributed by atoms with Gasteiger partial charge in [-0.2, -0.15) is 0 Å². The van der Waals surface area contributed by atoms with Crippen LogP contribution in [-0.2, 0) is 0 Å². The van der Waals surface area contributed by atoms with Crippen LogP contribution in [0.5, 0.6) is 11.5 Å². The van der Waals surface area contributed by atoms with Gasteiger partial charge in [-0.15, -0.1) is 0 Å². The molecular weight excluding hydrogens is 228 g/mol. The molecule has 0 radical (unpaired) electrons. The van der Waals surface area contributed by atoms with Crippen LogP contribution >= 0.6 is 0 Å². The van der Waals surface area contributed by atoms with Gasteiger partial charge in [0.05, 0.1) is 20.3 Å². The molecule has 0 amide bonds. The molecule has 0 aliphatic rings. The first-order chi connectivity index (χ1) is 8.63. The Morgan fingerprint density at radius 1 is 1.22 bits per heavy atom. The standard InChI is InChI=1S/C14H24N2O2/c1-6-15-10-13(16(2)3)12-8-7-11(17-4)9-14(12)18-5/h7-9,13,15H,6,10H2,1-5H3. The third-order valence-electron chi connectivity index (χ3n) is 3.01. The highest BCUT2D eigenvalue weighted by Gasteiger charge is 2.18. The van der Waals surface area contributed by atoms with E-state index in [0.717, 1.165) is 24.6 Å². The quantitative estimate of drug-likeness (QED) is 0.804. The molecule has 1 aromatic carbocycles. The third-order valence-corrected chi connectivity index (χ3v) is 3.01. The first kappa shape index (κ1) is 14.8. The smallest absolute Gasteiger partial charge is 0.127 e. The van der Waals surface area contributed by atoms with Crippen molar-refractivity contribution in [3.05, 3.63) is 23.8 Å². The Labute approximate surface area is 110 Å². The van der Waals surface area contributed by atoms with E-state index in [2.05, 4.69) is 37.3 Å². The molecular formula is C14H24N2O2. The SMILES string of the molecule is CCNCC(c1ccc(OC)cc1OC)N(C)C. The average Bonchev–Trinajstić information content (AvgIpc) is 2.38. The van der Waals surface area contributed by atoms with Gasteiger partial charge in [-0.1, -0.05) is 13.0 Å². The number of likely N-dealkylation sites (N-methyl/N-ethyl adjacent to an activating group) is 2. The third kappa shape index (κ3) is 3.62. The number of hydrogen-bond donors (Lipinski definition) is 1. The van der Waals surface area contributed by atoms with E-state index in [0.29, 0.717) is 0 Å².